The zero-order valence-electron chi connectivity index (χ0n) is 11.8. The van der Waals surface area contributed by atoms with Gasteiger partial charge in [-0.05, 0) is 23.6 Å². The second-order valence-corrected chi connectivity index (χ2v) is 5.18. The van der Waals surface area contributed by atoms with Crippen LogP contribution in [-0.4, -0.2) is 23.1 Å². The average molecular weight is 317 g/mol. The van der Waals surface area contributed by atoms with Gasteiger partial charge < -0.3 is 15.7 Å². The number of amides is 2. The van der Waals surface area contributed by atoms with E-state index in [9.17, 15) is 14.0 Å². The van der Waals surface area contributed by atoms with Crippen molar-refractivity contribution in [2.75, 3.05) is 0 Å². The fraction of sp³-hybridized carbons (Fsp3) is 0.429. The van der Waals surface area contributed by atoms with Gasteiger partial charge in [-0.2, -0.15) is 0 Å². The molecule has 2 amide bonds. The molecule has 0 bridgehead atoms. The van der Waals surface area contributed by atoms with Crippen LogP contribution in [0.5, 0.6) is 0 Å². The van der Waals surface area contributed by atoms with Gasteiger partial charge in [0.1, 0.15) is 11.9 Å². The van der Waals surface area contributed by atoms with E-state index in [1.807, 2.05) is 6.92 Å². The summed E-state index contributed by atoms with van der Waals surface area (Å²) in [6.07, 6.45) is 0.630. The molecule has 1 rings (SSSR count). The number of benzene rings is 1. The van der Waals surface area contributed by atoms with E-state index in [0.29, 0.717) is 12.0 Å². The molecule has 3 N–H and O–H groups in total. The summed E-state index contributed by atoms with van der Waals surface area (Å²) < 4.78 is 13.0. The van der Waals surface area contributed by atoms with Gasteiger partial charge in [0.05, 0.1) is 5.02 Å². The summed E-state index contributed by atoms with van der Waals surface area (Å²) in [7, 11) is 0. The van der Waals surface area contributed by atoms with Crippen LogP contribution >= 0.6 is 11.6 Å². The summed E-state index contributed by atoms with van der Waals surface area (Å²) in [6.45, 7) is 3.72. The third kappa shape index (κ3) is 5.23. The fourth-order valence-corrected chi connectivity index (χ4v) is 1.91. The Labute approximate surface area is 127 Å². The highest BCUT2D eigenvalue weighted by molar-refractivity contribution is 6.30. The van der Waals surface area contributed by atoms with Crippen LogP contribution in [-0.2, 0) is 11.3 Å². The smallest absolute Gasteiger partial charge is 0.326 e. The molecule has 7 heteroatoms. The van der Waals surface area contributed by atoms with Crippen LogP contribution in [0.15, 0.2) is 18.2 Å². The zero-order valence-corrected chi connectivity index (χ0v) is 12.6. The summed E-state index contributed by atoms with van der Waals surface area (Å²) in [5.74, 6) is -1.80. The quantitative estimate of drug-likeness (QED) is 0.755. The fourth-order valence-electron chi connectivity index (χ4n) is 1.71. The number of hydrogen-bond acceptors (Lipinski definition) is 2. The molecule has 1 aromatic carbocycles. The predicted molar refractivity (Wildman–Crippen MR) is 77.7 cm³/mol. The van der Waals surface area contributed by atoms with Gasteiger partial charge in [0.25, 0.3) is 0 Å². The highest BCUT2D eigenvalue weighted by atomic mass is 35.5. The van der Waals surface area contributed by atoms with Crippen LogP contribution in [0.1, 0.15) is 25.8 Å². The molecular weight excluding hydrogens is 299 g/mol. The number of carboxylic acid groups (broad SMARTS) is 1. The molecule has 0 aliphatic heterocycles. The van der Waals surface area contributed by atoms with E-state index in [1.54, 1.807) is 6.92 Å². The Bertz CT molecular complexity index is 525. The number of aliphatic carboxylic acids is 1. The van der Waals surface area contributed by atoms with Crippen LogP contribution in [0, 0.1) is 11.7 Å². The first kappa shape index (κ1) is 17.2. The minimum Gasteiger partial charge on any atom is -0.480 e. The third-order valence-corrected chi connectivity index (χ3v) is 3.49. The molecule has 2 atom stereocenters. The van der Waals surface area contributed by atoms with Crippen molar-refractivity contribution in [3.63, 3.8) is 0 Å². The Kier molecular flexibility index (Phi) is 6.42. The van der Waals surface area contributed by atoms with Gasteiger partial charge in [-0.3, -0.25) is 0 Å². The average Bonchev–Trinajstić information content (AvgIpc) is 2.44. The Morgan fingerprint density at radius 1 is 1.43 bits per heavy atom. The second-order valence-electron chi connectivity index (χ2n) is 4.78. The maximum absolute atomic E-state index is 13.0. The molecule has 21 heavy (non-hydrogen) atoms. The molecule has 1 unspecified atom stereocenters. The number of rotatable bonds is 6. The van der Waals surface area contributed by atoms with Gasteiger partial charge in [-0.1, -0.05) is 37.9 Å². The van der Waals surface area contributed by atoms with E-state index < -0.39 is 23.9 Å². The van der Waals surface area contributed by atoms with E-state index in [-0.39, 0.29) is 17.5 Å². The molecule has 1 aromatic rings. The van der Waals surface area contributed by atoms with Gasteiger partial charge in [-0.25, -0.2) is 14.0 Å². The highest BCUT2D eigenvalue weighted by Gasteiger charge is 2.25. The predicted octanol–water partition coefficient (Wildman–Crippen LogP) is 2.78. The number of hydrogen-bond donors (Lipinski definition) is 3. The van der Waals surface area contributed by atoms with Crippen LogP contribution in [0.25, 0.3) is 0 Å². The molecule has 0 heterocycles. The van der Waals surface area contributed by atoms with E-state index in [4.69, 9.17) is 16.7 Å². The lowest BCUT2D eigenvalue weighted by Gasteiger charge is -2.20. The van der Waals surface area contributed by atoms with Crippen molar-refractivity contribution >= 4 is 23.6 Å². The number of carboxylic acids is 1. The molecule has 0 aromatic heterocycles. The molecule has 0 spiro atoms. The zero-order chi connectivity index (χ0) is 16.0. The Balaban J connectivity index is 2.56. The Hall–Kier alpha value is -1.82. The Morgan fingerprint density at radius 3 is 2.62 bits per heavy atom. The van der Waals surface area contributed by atoms with E-state index in [0.717, 1.165) is 0 Å². The molecule has 0 radical (unpaired) electrons. The molecule has 0 aliphatic rings. The van der Waals surface area contributed by atoms with Crippen molar-refractivity contribution in [3.8, 4) is 0 Å². The topological polar surface area (TPSA) is 78.4 Å². The minimum atomic E-state index is -1.08. The molecular formula is C14H18ClFN2O3. The number of halogens is 2. The lowest BCUT2D eigenvalue weighted by atomic mass is 9.99. The number of carbonyl (C=O) groups excluding carboxylic acids is 1. The molecule has 0 aliphatic carbocycles. The number of carbonyl (C=O) groups is 2. The molecule has 116 valence electrons. The third-order valence-electron chi connectivity index (χ3n) is 3.20. The first-order valence-electron chi connectivity index (χ1n) is 6.56. The SMILES string of the molecule is CCC(C)[C@H](NC(=O)NCc1ccc(F)c(Cl)c1)C(=O)O. The normalized spacial score (nSPS) is 13.3. The van der Waals surface area contributed by atoms with Crippen molar-refractivity contribution in [1.82, 2.24) is 10.6 Å². The minimum absolute atomic E-state index is 0.0299. The number of urea groups is 1. The van der Waals surface area contributed by atoms with Crippen molar-refractivity contribution in [2.24, 2.45) is 5.92 Å². The van der Waals surface area contributed by atoms with Crippen molar-refractivity contribution in [3.05, 3.63) is 34.6 Å². The van der Waals surface area contributed by atoms with E-state index in [2.05, 4.69) is 10.6 Å². The van der Waals surface area contributed by atoms with Gasteiger partial charge in [-0.15, -0.1) is 0 Å². The largest absolute Gasteiger partial charge is 0.480 e. The summed E-state index contributed by atoms with van der Waals surface area (Å²) in [5.41, 5.74) is 0.618. The summed E-state index contributed by atoms with van der Waals surface area (Å²) in [5, 5.41) is 14.0. The van der Waals surface area contributed by atoms with Gasteiger partial charge in [0, 0.05) is 6.54 Å². The lowest BCUT2D eigenvalue weighted by molar-refractivity contribution is -0.140. The van der Waals surface area contributed by atoms with E-state index >= 15 is 0 Å². The van der Waals surface area contributed by atoms with Gasteiger partial charge >= 0.3 is 12.0 Å². The van der Waals surface area contributed by atoms with Crippen molar-refractivity contribution in [2.45, 2.75) is 32.9 Å². The van der Waals surface area contributed by atoms with Crippen LogP contribution in [0.2, 0.25) is 5.02 Å². The van der Waals surface area contributed by atoms with Gasteiger partial charge in [0.2, 0.25) is 0 Å². The molecule has 0 saturated carbocycles. The lowest BCUT2D eigenvalue weighted by Crippen LogP contribution is -2.48. The summed E-state index contributed by atoms with van der Waals surface area (Å²) in [4.78, 5) is 22.8. The maximum Gasteiger partial charge on any atom is 0.326 e. The van der Waals surface area contributed by atoms with Crippen LogP contribution < -0.4 is 10.6 Å². The molecule has 5 nitrogen and oxygen atoms in total. The molecule has 0 fully saturated rings. The number of nitrogens with one attached hydrogen (secondary N) is 2. The molecule has 0 saturated heterocycles. The first-order chi connectivity index (χ1) is 9.85. The van der Waals surface area contributed by atoms with Crippen LogP contribution in [0.4, 0.5) is 9.18 Å². The standard InChI is InChI=1S/C14H18ClFN2O3/c1-3-8(2)12(13(19)20)18-14(21)17-7-9-4-5-11(16)10(15)6-9/h4-6,8,12H,3,7H2,1-2H3,(H,19,20)(H2,17,18,21)/t8?,12-/m0/s1. The summed E-state index contributed by atoms with van der Waals surface area (Å²) in [6, 6.07) is 2.55. The monoisotopic (exact) mass is 316 g/mol. The van der Waals surface area contributed by atoms with Gasteiger partial charge in [0.15, 0.2) is 0 Å². The second kappa shape index (κ2) is 7.83. The van der Waals surface area contributed by atoms with Crippen molar-refractivity contribution < 1.29 is 19.1 Å². The first-order valence-corrected chi connectivity index (χ1v) is 6.94. The highest BCUT2D eigenvalue weighted by Crippen LogP contribution is 2.15. The van der Waals surface area contributed by atoms with Crippen molar-refractivity contribution in [1.29, 1.82) is 0 Å². The Morgan fingerprint density at radius 2 is 2.10 bits per heavy atom. The summed E-state index contributed by atoms with van der Waals surface area (Å²) >= 11 is 5.63. The van der Waals surface area contributed by atoms with E-state index in [1.165, 1.54) is 18.2 Å². The van der Waals surface area contributed by atoms with Crippen LogP contribution in [0.3, 0.4) is 0 Å². The maximum atomic E-state index is 13.0.